The van der Waals surface area contributed by atoms with Crippen molar-refractivity contribution in [2.75, 3.05) is 0 Å². The Morgan fingerprint density at radius 1 is 1.00 bits per heavy atom. The third-order valence-corrected chi connectivity index (χ3v) is 4.44. The third kappa shape index (κ3) is 3.19. The fourth-order valence-electron chi connectivity index (χ4n) is 2.96. The molecule has 0 bridgehead atoms. The van der Waals surface area contributed by atoms with Gasteiger partial charge in [0.15, 0.2) is 12.0 Å². The first kappa shape index (κ1) is 16.7. The van der Waals surface area contributed by atoms with Gasteiger partial charge in [-0.2, -0.15) is 13.2 Å². The number of ether oxygens (including phenoxy) is 1. The second kappa shape index (κ2) is 6.20. The maximum absolute atomic E-state index is 13.1. The quantitative estimate of drug-likeness (QED) is 0.876. The molecular formula is C20H16F3NO2. The van der Waals surface area contributed by atoms with Crippen molar-refractivity contribution in [1.29, 1.82) is 0 Å². The predicted octanol–water partition coefficient (Wildman–Crippen LogP) is 4.47. The fraction of sp³-hybridized carbons (Fsp3) is 0.250. The third-order valence-electron chi connectivity index (χ3n) is 4.44. The number of hydrogen-bond acceptors (Lipinski definition) is 3. The van der Waals surface area contributed by atoms with Crippen molar-refractivity contribution >= 4 is 11.4 Å². The number of carbonyl (C=O) groups is 1. The average molecular weight is 359 g/mol. The molecule has 2 aromatic carbocycles. The largest absolute Gasteiger partial charge is 0.462 e. The summed E-state index contributed by atoms with van der Waals surface area (Å²) in [5.74, 6) is -0.0654. The SMILES string of the molecule is O=C1C(c2cccc(C(F)(F)F)c2)=C(NC2CC2)OC1c1ccccc1. The first-order valence-corrected chi connectivity index (χ1v) is 8.38. The monoisotopic (exact) mass is 359 g/mol. The number of alkyl halides is 3. The van der Waals surface area contributed by atoms with E-state index in [1.54, 1.807) is 24.3 Å². The zero-order valence-corrected chi connectivity index (χ0v) is 13.7. The number of halogens is 3. The Bertz CT molecular complexity index is 870. The number of rotatable bonds is 4. The maximum atomic E-state index is 13.1. The van der Waals surface area contributed by atoms with Crippen LogP contribution >= 0.6 is 0 Å². The van der Waals surface area contributed by atoms with E-state index in [1.165, 1.54) is 12.1 Å². The van der Waals surface area contributed by atoms with Gasteiger partial charge in [-0.25, -0.2) is 0 Å². The second-order valence-electron chi connectivity index (χ2n) is 6.47. The van der Waals surface area contributed by atoms with Gasteiger partial charge in [0.05, 0.1) is 11.1 Å². The van der Waals surface area contributed by atoms with Gasteiger partial charge in [0.2, 0.25) is 5.78 Å². The number of ketones is 1. The van der Waals surface area contributed by atoms with Crippen LogP contribution in [0.25, 0.3) is 5.57 Å². The Hall–Kier alpha value is -2.76. The second-order valence-corrected chi connectivity index (χ2v) is 6.47. The molecule has 134 valence electrons. The summed E-state index contributed by atoms with van der Waals surface area (Å²) < 4.78 is 45.0. The Balaban J connectivity index is 1.74. The highest BCUT2D eigenvalue weighted by atomic mass is 19.4. The molecule has 0 radical (unpaired) electrons. The van der Waals surface area contributed by atoms with Crippen molar-refractivity contribution in [2.24, 2.45) is 0 Å². The lowest BCUT2D eigenvalue weighted by Gasteiger charge is -2.12. The van der Waals surface area contributed by atoms with E-state index in [2.05, 4.69) is 5.32 Å². The van der Waals surface area contributed by atoms with Crippen molar-refractivity contribution < 1.29 is 22.7 Å². The van der Waals surface area contributed by atoms with Gasteiger partial charge in [0.25, 0.3) is 0 Å². The maximum Gasteiger partial charge on any atom is 0.416 e. The van der Waals surface area contributed by atoms with Gasteiger partial charge in [-0.05, 0) is 30.5 Å². The summed E-state index contributed by atoms with van der Waals surface area (Å²) in [6.45, 7) is 0. The van der Waals surface area contributed by atoms with Gasteiger partial charge < -0.3 is 10.1 Å². The van der Waals surface area contributed by atoms with Crippen LogP contribution in [-0.4, -0.2) is 11.8 Å². The minimum absolute atomic E-state index is 0.178. The number of carbonyl (C=O) groups excluding carboxylic acids is 1. The zero-order chi connectivity index (χ0) is 18.3. The average Bonchev–Trinajstić information content (AvgIpc) is 3.37. The number of benzene rings is 2. The van der Waals surface area contributed by atoms with Crippen molar-refractivity contribution in [3.63, 3.8) is 0 Å². The normalized spacial score (nSPS) is 20.3. The number of Topliss-reactive ketones (excluding diaryl/α,β-unsaturated/α-hetero) is 1. The van der Waals surface area contributed by atoms with E-state index in [-0.39, 0.29) is 28.8 Å². The minimum Gasteiger partial charge on any atom is -0.462 e. The summed E-state index contributed by atoms with van der Waals surface area (Å²) >= 11 is 0. The van der Waals surface area contributed by atoms with Crippen LogP contribution in [0.4, 0.5) is 13.2 Å². The molecule has 1 N–H and O–H groups in total. The molecule has 3 nitrogen and oxygen atoms in total. The molecule has 1 aliphatic heterocycles. The highest BCUT2D eigenvalue weighted by Gasteiger charge is 2.40. The number of hydrogen-bond donors (Lipinski definition) is 1. The smallest absolute Gasteiger partial charge is 0.416 e. The molecule has 0 saturated heterocycles. The van der Waals surface area contributed by atoms with E-state index < -0.39 is 17.8 Å². The molecule has 0 spiro atoms. The summed E-state index contributed by atoms with van der Waals surface area (Å²) in [7, 11) is 0. The van der Waals surface area contributed by atoms with Gasteiger partial charge >= 0.3 is 6.18 Å². The topological polar surface area (TPSA) is 38.3 Å². The minimum atomic E-state index is -4.47. The molecule has 4 rings (SSSR count). The number of nitrogens with one attached hydrogen (secondary N) is 1. The molecule has 1 heterocycles. The van der Waals surface area contributed by atoms with Crippen LogP contribution < -0.4 is 5.32 Å². The molecule has 6 heteroatoms. The molecule has 1 fully saturated rings. The lowest BCUT2D eigenvalue weighted by Crippen LogP contribution is -2.17. The van der Waals surface area contributed by atoms with Crippen LogP contribution in [0.3, 0.4) is 0 Å². The van der Waals surface area contributed by atoms with Crippen molar-refractivity contribution in [2.45, 2.75) is 31.2 Å². The fourth-order valence-corrected chi connectivity index (χ4v) is 2.96. The highest BCUT2D eigenvalue weighted by molar-refractivity contribution is 6.25. The molecule has 2 aromatic rings. The summed E-state index contributed by atoms with van der Waals surface area (Å²) in [5.41, 5.74) is 0.280. The molecule has 2 aliphatic rings. The van der Waals surface area contributed by atoms with E-state index in [4.69, 9.17) is 4.74 Å². The molecule has 26 heavy (non-hydrogen) atoms. The van der Waals surface area contributed by atoms with Crippen LogP contribution in [0.2, 0.25) is 0 Å². The van der Waals surface area contributed by atoms with Crippen LogP contribution in [0.15, 0.2) is 60.5 Å². The highest BCUT2D eigenvalue weighted by Crippen LogP contribution is 2.40. The standard InChI is InChI=1S/C20H16F3NO2/c21-20(22,23)14-8-4-7-13(11-14)16-17(25)18(12-5-2-1-3-6-12)26-19(16)24-15-9-10-15/h1-8,11,15,18,24H,9-10H2. The van der Waals surface area contributed by atoms with Crippen LogP contribution in [0.5, 0.6) is 0 Å². The van der Waals surface area contributed by atoms with Crippen molar-refractivity contribution in [3.05, 3.63) is 77.2 Å². The summed E-state index contributed by atoms with van der Waals surface area (Å²) in [6, 6.07) is 14.0. The van der Waals surface area contributed by atoms with Crippen LogP contribution in [-0.2, 0) is 15.7 Å². The van der Waals surface area contributed by atoms with Gasteiger partial charge in [0, 0.05) is 11.6 Å². The molecular weight excluding hydrogens is 343 g/mol. The summed E-state index contributed by atoms with van der Waals surface area (Å²) in [5, 5.41) is 3.15. The van der Waals surface area contributed by atoms with E-state index in [0.717, 1.165) is 25.0 Å². The Morgan fingerprint density at radius 2 is 1.73 bits per heavy atom. The van der Waals surface area contributed by atoms with Crippen LogP contribution in [0.1, 0.15) is 35.6 Å². The van der Waals surface area contributed by atoms with E-state index in [1.807, 2.05) is 6.07 Å². The van der Waals surface area contributed by atoms with Gasteiger partial charge in [-0.1, -0.05) is 42.5 Å². The summed E-state index contributed by atoms with van der Waals surface area (Å²) in [4.78, 5) is 13.0. The first-order valence-electron chi connectivity index (χ1n) is 8.38. The first-order chi connectivity index (χ1) is 12.4. The van der Waals surface area contributed by atoms with Gasteiger partial charge in [0.1, 0.15) is 0 Å². The van der Waals surface area contributed by atoms with E-state index in [9.17, 15) is 18.0 Å². The lowest BCUT2D eigenvalue weighted by molar-refractivity contribution is -0.137. The van der Waals surface area contributed by atoms with Gasteiger partial charge in [-0.3, -0.25) is 4.79 Å². The Labute approximate surface area is 148 Å². The van der Waals surface area contributed by atoms with Crippen LogP contribution in [0, 0.1) is 0 Å². The molecule has 1 saturated carbocycles. The molecule has 0 amide bonds. The Morgan fingerprint density at radius 3 is 2.38 bits per heavy atom. The predicted molar refractivity (Wildman–Crippen MR) is 89.8 cm³/mol. The van der Waals surface area contributed by atoms with Crippen molar-refractivity contribution in [3.8, 4) is 0 Å². The zero-order valence-electron chi connectivity index (χ0n) is 13.7. The van der Waals surface area contributed by atoms with Gasteiger partial charge in [-0.15, -0.1) is 0 Å². The van der Waals surface area contributed by atoms with E-state index >= 15 is 0 Å². The van der Waals surface area contributed by atoms with E-state index in [0.29, 0.717) is 5.56 Å². The summed E-state index contributed by atoms with van der Waals surface area (Å²) in [6.07, 6.45) is -3.41. The molecule has 1 unspecified atom stereocenters. The molecule has 1 aliphatic carbocycles. The molecule has 0 aromatic heterocycles. The van der Waals surface area contributed by atoms with Crippen molar-refractivity contribution in [1.82, 2.24) is 5.32 Å². The molecule has 1 atom stereocenters. The Kier molecular flexibility index (Phi) is 3.98. The lowest BCUT2D eigenvalue weighted by atomic mass is 9.96.